The molecule has 166 valence electrons. The van der Waals surface area contributed by atoms with Crippen LogP contribution in [0.2, 0.25) is 0 Å². The molecule has 0 rings (SSSR count). The van der Waals surface area contributed by atoms with E-state index in [9.17, 15) is 9.59 Å². The second-order valence-electron chi connectivity index (χ2n) is 6.00. The van der Waals surface area contributed by atoms with Crippen molar-refractivity contribution in [1.29, 1.82) is 0 Å². The molecule has 0 aliphatic rings. The standard InChI is InChI=1S/C18H34O8S2/c1-15(27)13-17(19)25-11-9-23-7-5-21-3-4-22-6-8-24-10-12-26-18(20)14-16(2)28/h15-16,27-28H,3-14H2,1-2H3. The normalized spacial score (nSPS) is 13.1. The molecule has 0 radical (unpaired) electrons. The minimum absolute atomic E-state index is 0.00708. The molecule has 0 aromatic rings. The predicted molar refractivity (Wildman–Crippen MR) is 111 cm³/mol. The third-order valence-electron chi connectivity index (χ3n) is 3.02. The van der Waals surface area contributed by atoms with Gasteiger partial charge in [-0.2, -0.15) is 25.3 Å². The van der Waals surface area contributed by atoms with Crippen LogP contribution in [0.15, 0.2) is 0 Å². The molecule has 0 aromatic carbocycles. The van der Waals surface area contributed by atoms with Gasteiger partial charge >= 0.3 is 11.9 Å². The molecule has 8 nitrogen and oxygen atoms in total. The van der Waals surface area contributed by atoms with E-state index in [4.69, 9.17) is 28.4 Å². The molecule has 28 heavy (non-hydrogen) atoms. The molecule has 2 unspecified atom stereocenters. The second kappa shape index (κ2) is 19.8. The average molecular weight is 443 g/mol. The molecule has 0 saturated heterocycles. The van der Waals surface area contributed by atoms with Gasteiger partial charge in [0.1, 0.15) is 13.2 Å². The molecule has 0 amide bonds. The Morgan fingerprint density at radius 2 is 0.821 bits per heavy atom. The summed E-state index contributed by atoms with van der Waals surface area (Å²) in [4.78, 5) is 22.5. The Bertz CT molecular complexity index is 358. The first kappa shape index (κ1) is 27.5. The summed E-state index contributed by atoms with van der Waals surface area (Å²) in [5, 5.41) is -0.0142. The number of hydrogen-bond donors (Lipinski definition) is 2. The van der Waals surface area contributed by atoms with Gasteiger partial charge in [0.2, 0.25) is 0 Å². The first-order chi connectivity index (χ1) is 13.4. The van der Waals surface area contributed by atoms with E-state index in [1.165, 1.54) is 0 Å². The number of ether oxygens (including phenoxy) is 6. The van der Waals surface area contributed by atoms with Crippen LogP contribution in [0.1, 0.15) is 26.7 Å². The zero-order valence-corrected chi connectivity index (χ0v) is 18.6. The molecule has 0 aromatic heterocycles. The SMILES string of the molecule is CC(S)CC(=O)OCCOCCOCCOCCOCCOC(=O)CC(C)S. The van der Waals surface area contributed by atoms with E-state index in [0.29, 0.717) is 65.7 Å². The summed E-state index contributed by atoms with van der Waals surface area (Å²) in [5.74, 6) is -0.541. The van der Waals surface area contributed by atoms with Crippen molar-refractivity contribution in [2.45, 2.75) is 37.2 Å². The van der Waals surface area contributed by atoms with Crippen molar-refractivity contribution in [3.05, 3.63) is 0 Å². The van der Waals surface area contributed by atoms with E-state index >= 15 is 0 Å². The van der Waals surface area contributed by atoms with Gasteiger partial charge in [-0.3, -0.25) is 9.59 Å². The number of carbonyl (C=O) groups excluding carboxylic acids is 2. The summed E-state index contributed by atoms with van der Waals surface area (Å²) in [5.41, 5.74) is 0. The van der Waals surface area contributed by atoms with E-state index < -0.39 is 0 Å². The Labute approximate surface area is 178 Å². The lowest BCUT2D eigenvalue weighted by molar-refractivity contribution is -0.146. The maximum Gasteiger partial charge on any atom is 0.306 e. The summed E-state index contributed by atoms with van der Waals surface area (Å²) >= 11 is 8.24. The summed E-state index contributed by atoms with van der Waals surface area (Å²) in [6.45, 7) is 7.46. The highest BCUT2D eigenvalue weighted by Crippen LogP contribution is 2.01. The third kappa shape index (κ3) is 21.8. The van der Waals surface area contributed by atoms with Crippen LogP contribution in [0.3, 0.4) is 0 Å². The van der Waals surface area contributed by atoms with E-state index in [0.717, 1.165) is 0 Å². The largest absolute Gasteiger partial charge is 0.463 e. The van der Waals surface area contributed by atoms with Gasteiger partial charge in [0.15, 0.2) is 0 Å². The number of rotatable bonds is 19. The van der Waals surface area contributed by atoms with Gasteiger partial charge in [0.25, 0.3) is 0 Å². The van der Waals surface area contributed by atoms with Crippen LogP contribution in [0.4, 0.5) is 0 Å². The van der Waals surface area contributed by atoms with Crippen LogP contribution in [-0.4, -0.2) is 88.5 Å². The minimum atomic E-state index is -0.271. The lowest BCUT2D eigenvalue weighted by atomic mass is 10.3. The molecule has 0 bridgehead atoms. The molecule has 0 fully saturated rings. The summed E-state index contributed by atoms with van der Waals surface area (Å²) < 4.78 is 31.2. The molecule has 2 atom stereocenters. The van der Waals surface area contributed by atoms with Gasteiger partial charge in [-0.25, -0.2) is 0 Å². The van der Waals surface area contributed by atoms with Crippen molar-refractivity contribution >= 4 is 37.2 Å². The van der Waals surface area contributed by atoms with Crippen molar-refractivity contribution in [2.75, 3.05) is 66.1 Å². The molecule has 0 aliphatic heterocycles. The van der Waals surface area contributed by atoms with Crippen LogP contribution in [0.5, 0.6) is 0 Å². The second-order valence-corrected chi connectivity index (χ2v) is 7.76. The minimum Gasteiger partial charge on any atom is -0.463 e. The number of hydrogen-bond acceptors (Lipinski definition) is 10. The highest BCUT2D eigenvalue weighted by Gasteiger charge is 2.06. The summed E-state index contributed by atoms with van der Waals surface area (Å²) in [7, 11) is 0. The third-order valence-corrected chi connectivity index (χ3v) is 3.39. The molecule has 0 aliphatic carbocycles. The predicted octanol–water partition coefficient (Wildman–Crippen LogP) is 1.56. The van der Waals surface area contributed by atoms with E-state index in [1.807, 2.05) is 13.8 Å². The van der Waals surface area contributed by atoms with Crippen LogP contribution >= 0.6 is 25.3 Å². The van der Waals surface area contributed by atoms with Crippen molar-refractivity contribution in [1.82, 2.24) is 0 Å². The fourth-order valence-electron chi connectivity index (χ4n) is 1.79. The zero-order chi connectivity index (χ0) is 21.0. The van der Waals surface area contributed by atoms with Gasteiger partial charge in [-0.05, 0) is 0 Å². The summed E-state index contributed by atoms with van der Waals surface area (Å²) in [6.07, 6.45) is 0.584. The fourth-order valence-corrected chi connectivity index (χ4v) is 2.09. The Morgan fingerprint density at radius 3 is 1.07 bits per heavy atom. The highest BCUT2D eigenvalue weighted by molar-refractivity contribution is 7.81. The van der Waals surface area contributed by atoms with Gasteiger partial charge in [0.05, 0.1) is 65.7 Å². The molecule has 10 heteroatoms. The Balaban J connectivity index is 3.16. The van der Waals surface area contributed by atoms with E-state index in [1.54, 1.807) is 0 Å². The molecule has 0 heterocycles. The Morgan fingerprint density at radius 1 is 0.571 bits per heavy atom. The maximum atomic E-state index is 11.3. The van der Waals surface area contributed by atoms with Crippen molar-refractivity contribution < 1.29 is 38.0 Å². The number of carbonyl (C=O) groups is 2. The number of esters is 2. The van der Waals surface area contributed by atoms with Gasteiger partial charge in [0, 0.05) is 10.5 Å². The van der Waals surface area contributed by atoms with Crippen molar-refractivity contribution in [2.24, 2.45) is 0 Å². The number of thiol groups is 2. The van der Waals surface area contributed by atoms with E-state index in [2.05, 4.69) is 25.3 Å². The quantitative estimate of drug-likeness (QED) is 0.177. The molecule has 0 spiro atoms. The molecule has 0 saturated carbocycles. The fraction of sp³-hybridized carbons (Fsp3) is 0.889. The van der Waals surface area contributed by atoms with E-state index in [-0.39, 0.29) is 35.7 Å². The van der Waals surface area contributed by atoms with Gasteiger partial charge in [-0.15, -0.1) is 0 Å². The molecule has 0 N–H and O–H groups in total. The zero-order valence-electron chi connectivity index (χ0n) is 16.8. The first-order valence-corrected chi connectivity index (χ1v) is 10.4. The van der Waals surface area contributed by atoms with Crippen LogP contribution in [-0.2, 0) is 38.0 Å². The molecular formula is C18H34O8S2. The van der Waals surface area contributed by atoms with Crippen LogP contribution in [0.25, 0.3) is 0 Å². The van der Waals surface area contributed by atoms with Crippen molar-refractivity contribution in [3.63, 3.8) is 0 Å². The maximum absolute atomic E-state index is 11.3. The van der Waals surface area contributed by atoms with Crippen LogP contribution in [0, 0.1) is 0 Å². The first-order valence-electron chi connectivity index (χ1n) is 9.40. The highest BCUT2D eigenvalue weighted by atomic mass is 32.1. The lowest BCUT2D eigenvalue weighted by Gasteiger charge is -2.09. The Kier molecular flexibility index (Phi) is 19.4. The smallest absolute Gasteiger partial charge is 0.306 e. The molecular weight excluding hydrogens is 408 g/mol. The average Bonchev–Trinajstić information content (AvgIpc) is 2.60. The van der Waals surface area contributed by atoms with Gasteiger partial charge in [-0.1, -0.05) is 13.8 Å². The van der Waals surface area contributed by atoms with Crippen molar-refractivity contribution in [3.8, 4) is 0 Å². The topological polar surface area (TPSA) is 89.5 Å². The lowest BCUT2D eigenvalue weighted by Crippen LogP contribution is -2.16. The monoisotopic (exact) mass is 442 g/mol. The summed E-state index contributed by atoms with van der Waals surface area (Å²) in [6, 6.07) is 0. The van der Waals surface area contributed by atoms with Gasteiger partial charge < -0.3 is 28.4 Å². The Hall–Kier alpha value is -0.520. The van der Waals surface area contributed by atoms with Crippen LogP contribution < -0.4 is 0 Å².